The average Bonchev–Trinajstić information content (AvgIpc) is 3.17. The Balaban J connectivity index is 1.74. The quantitative estimate of drug-likeness (QED) is 0.674. The standard InChI is InChI=1S/C18H17ClF3N5O2/c1-17(2,29-13-5-3-4-12(9-13)27-10-23-25-26-27)16(28)24-11-6-7-15(19)14(8-11)18(20,21)22/h3-10,25-26H,1-2H3,(H,24,28). The highest BCUT2D eigenvalue weighted by molar-refractivity contribution is 6.31. The van der Waals surface area contributed by atoms with Gasteiger partial charge in [-0.15, -0.1) is 5.53 Å². The summed E-state index contributed by atoms with van der Waals surface area (Å²) < 4.78 is 44.8. The number of nitrogens with zero attached hydrogens (tertiary/aromatic N) is 2. The zero-order valence-electron chi connectivity index (χ0n) is 15.3. The second kappa shape index (κ2) is 7.80. The van der Waals surface area contributed by atoms with E-state index in [0.29, 0.717) is 11.4 Å². The predicted octanol–water partition coefficient (Wildman–Crippen LogP) is 3.93. The van der Waals surface area contributed by atoms with Crippen LogP contribution in [0.1, 0.15) is 19.4 Å². The van der Waals surface area contributed by atoms with Crippen LogP contribution in [0.4, 0.5) is 24.5 Å². The lowest BCUT2D eigenvalue weighted by molar-refractivity contribution is -0.137. The molecule has 1 aliphatic heterocycles. The minimum atomic E-state index is -4.63. The second-order valence-corrected chi connectivity index (χ2v) is 7.00. The van der Waals surface area contributed by atoms with Crippen LogP contribution in [0.2, 0.25) is 5.02 Å². The van der Waals surface area contributed by atoms with Gasteiger partial charge in [-0.25, -0.2) is 10.5 Å². The number of alkyl halides is 3. The number of carbonyl (C=O) groups excluding carboxylic acids is 1. The van der Waals surface area contributed by atoms with E-state index in [4.69, 9.17) is 16.3 Å². The van der Waals surface area contributed by atoms with Gasteiger partial charge >= 0.3 is 6.18 Å². The summed E-state index contributed by atoms with van der Waals surface area (Å²) in [5.74, 6) is -0.238. The highest BCUT2D eigenvalue weighted by Gasteiger charge is 2.34. The van der Waals surface area contributed by atoms with E-state index in [2.05, 4.69) is 21.5 Å². The molecule has 0 aromatic heterocycles. The van der Waals surface area contributed by atoms with Crippen molar-refractivity contribution in [1.82, 2.24) is 11.1 Å². The molecule has 0 saturated heterocycles. The maximum absolute atomic E-state index is 13.0. The van der Waals surface area contributed by atoms with Crippen molar-refractivity contribution in [3.63, 3.8) is 0 Å². The molecule has 0 unspecified atom stereocenters. The number of rotatable bonds is 5. The molecule has 11 heteroatoms. The van der Waals surface area contributed by atoms with Gasteiger partial charge in [-0.2, -0.15) is 18.3 Å². The Morgan fingerprint density at radius 3 is 2.62 bits per heavy atom. The molecule has 0 atom stereocenters. The molecule has 0 fully saturated rings. The van der Waals surface area contributed by atoms with Crippen molar-refractivity contribution in [1.29, 1.82) is 0 Å². The Hall–Kier alpha value is -2.98. The minimum absolute atomic E-state index is 0.0410. The maximum atomic E-state index is 13.0. The molecule has 3 rings (SSSR count). The average molecular weight is 428 g/mol. The van der Waals surface area contributed by atoms with E-state index in [1.807, 2.05) is 0 Å². The molecule has 3 N–H and O–H groups in total. The fourth-order valence-corrected chi connectivity index (χ4v) is 2.69. The van der Waals surface area contributed by atoms with E-state index in [-0.39, 0.29) is 5.69 Å². The number of amides is 1. The monoisotopic (exact) mass is 427 g/mol. The molecule has 1 heterocycles. The van der Waals surface area contributed by atoms with Crippen LogP contribution in [0.5, 0.6) is 5.75 Å². The first-order valence-corrected chi connectivity index (χ1v) is 8.74. The van der Waals surface area contributed by atoms with E-state index < -0.39 is 28.3 Å². The summed E-state index contributed by atoms with van der Waals surface area (Å²) in [7, 11) is 0. The van der Waals surface area contributed by atoms with Gasteiger partial charge in [-0.3, -0.25) is 4.79 Å². The summed E-state index contributed by atoms with van der Waals surface area (Å²) in [6.07, 6.45) is -3.12. The Labute approximate surface area is 169 Å². The summed E-state index contributed by atoms with van der Waals surface area (Å²) in [5, 5.41) is 7.37. The van der Waals surface area contributed by atoms with Crippen LogP contribution < -0.4 is 26.1 Å². The van der Waals surface area contributed by atoms with Crippen LogP contribution >= 0.6 is 11.6 Å². The molecule has 0 saturated carbocycles. The van der Waals surface area contributed by atoms with Gasteiger partial charge < -0.3 is 10.1 Å². The van der Waals surface area contributed by atoms with Crippen molar-refractivity contribution in [3.05, 3.63) is 53.1 Å². The largest absolute Gasteiger partial charge is 0.478 e. The number of halogens is 4. The lowest BCUT2D eigenvalue weighted by Gasteiger charge is -2.26. The molecule has 154 valence electrons. The van der Waals surface area contributed by atoms with Crippen molar-refractivity contribution in [2.24, 2.45) is 5.10 Å². The van der Waals surface area contributed by atoms with E-state index in [1.165, 1.54) is 26.3 Å². The first-order valence-electron chi connectivity index (χ1n) is 8.36. The summed E-state index contributed by atoms with van der Waals surface area (Å²) in [6, 6.07) is 9.99. The van der Waals surface area contributed by atoms with Crippen molar-refractivity contribution in [3.8, 4) is 5.75 Å². The number of hydrogen-bond donors (Lipinski definition) is 3. The predicted molar refractivity (Wildman–Crippen MR) is 103 cm³/mol. The van der Waals surface area contributed by atoms with Crippen LogP contribution in [0.3, 0.4) is 0 Å². The van der Waals surface area contributed by atoms with E-state index in [1.54, 1.807) is 29.3 Å². The Bertz CT molecular complexity index is 949. The molecule has 0 spiro atoms. The molecule has 2 aromatic rings. The van der Waals surface area contributed by atoms with Gasteiger partial charge in [0.25, 0.3) is 5.91 Å². The van der Waals surface area contributed by atoms with E-state index in [0.717, 1.165) is 12.1 Å². The first kappa shape index (κ1) is 20.7. The zero-order valence-corrected chi connectivity index (χ0v) is 16.1. The molecule has 2 aromatic carbocycles. The Morgan fingerprint density at radius 1 is 1.21 bits per heavy atom. The zero-order chi connectivity index (χ0) is 21.2. The van der Waals surface area contributed by atoms with Crippen LogP contribution in [0.15, 0.2) is 47.6 Å². The fourth-order valence-electron chi connectivity index (χ4n) is 2.47. The Kier molecular flexibility index (Phi) is 5.58. The van der Waals surface area contributed by atoms with Crippen LogP contribution in [0, 0.1) is 0 Å². The van der Waals surface area contributed by atoms with Gasteiger partial charge in [0.05, 0.1) is 16.3 Å². The fraction of sp³-hybridized carbons (Fsp3) is 0.222. The number of hydrogen-bond acceptors (Lipinski definition) is 6. The van der Waals surface area contributed by atoms with Gasteiger partial charge in [0, 0.05) is 11.8 Å². The normalized spacial score (nSPS) is 13.9. The highest BCUT2D eigenvalue weighted by Crippen LogP contribution is 2.36. The van der Waals surface area contributed by atoms with Crippen LogP contribution in [-0.4, -0.2) is 17.8 Å². The maximum Gasteiger partial charge on any atom is 0.417 e. The molecule has 1 aliphatic rings. The molecule has 7 nitrogen and oxygen atoms in total. The third kappa shape index (κ3) is 4.90. The number of nitrogens with one attached hydrogen (secondary N) is 3. The van der Waals surface area contributed by atoms with Gasteiger partial charge in [0.2, 0.25) is 0 Å². The molecule has 0 radical (unpaired) electrons. The van der Waals surface area contributed by atoms with Gasteiger partial charge in [0.15, 0.2) is 5.60 Å². The molecule has 0 bridgehead atoms. The lowest BCUT2D eigenvalue weighted by atomic mass is 10.1. The van der Waals surface area contributed by atoms with E-state index >= 15 is 0 Å². The number of anilines is 2. The number of hydrazone groups is 1. The number of benzene rings is 2. The van der Waals surface area contributed by atoms with Gasteiger partial charge in [0.1, 0.15) is 12.1 Å². The Morgan fingerprint density at radius 2 is 1.97 bits per heavy atom. The number of ether oxygens (including phenoxy) is 1. The number of hydrazine groups is 2. The van der Waals surface area contributed by atoms with Crippen molar-refractivity contribution in [2.75, 3.05) is 10.3 Å². The smallest absolute Gasteiger partial charge is 0.417 e. The molecule has 29 heavy (non-hydrogen) atoms. The third-order valence-corrected chi connectivity index (χ3v) is 4.28. The topological polar surface area (TPSA) is 78.0 Å². The SMILES string of the molecule is CC(C)(Oc1cccc(N2C=NNN2)c1)C(=O)Nc1ccc(Cl)c(C(F)(F)F)c1. The van der Waals surface area contributed by atoms with Gasteiger partial charge in [-0.05, 0) is 44.2 Å². The van der Waals surface area contributed by atoms with Crippen molar-refractivity contribution >= 4 is 35.2 Å². The van der Waals surface area contributed by atoms with E-state index in [9.17, 15) is 18.0 Å². The van der Waals surface area contributed by atoms with Gasteiger partial charge in [-0.1, -0.05) is 17.7 Å². The summed E-state index contributed by atoms with van der Waals surface area (Å²) >= 11 is 5.60. The third-order valence-electron chi connectivity index (χ3n) is 3.95. The molecular weight excluding hydrogens is 411 g/mol. The summed E-state index contributed by atoms with van der Waals surface area (Å²) in [6.45, 7) is 3.01. The molecule has 1 amide bonds. The second-order valence-electron chi connectivity index (χ2n) is 6.59. The molecule has 0 aliphatic carbocycles. The highest BCUT2D eigenvalue weighted by atomic mass is 35.5. The van der Waals surface area contributed by atoms with Crippen molar-refractivity contribution in [2.45, 2.75) is 25.6 Å². The summed E-state index contributed by atoms with van der Waals surface area (Å²) in [5.41, 5.74) is 3.57. The van der Waals surface area contributed by atoms with Crippen LogP contribution in [0.25, 0.3) is 0 Å². The number of carbonyl (C=O) groups is 1. The lowest BCUT2D eigenvalue weighted by Crippen LogP contribution is -2.42. The first-order chi connectivity index (χ1) is 13.6. The molecular formula is C18H17ClF3N5O2. The van der Waals surface area contributed by atoms with Crippen molar-refractivity contribution < 1.29 is 22.7 Å². The van der Waals surface area contributed by atoms with Crippen LogP contribution in [-0.2, 0) is 11.0 Å². The summed E-state index contributed by atoms with van der Waals surface area (Å²) in [4.78, 5) is 12.6. The minimum Gasteiger partial charge on any atom is -0.478 e.